The zero-order valence-corrected chi connectivity index (χ0v) is 8.73. The van der Waals surface area contributed by atoms with Crippen LogP contribution in [0.3, 0.4) is 0 Å². The van der Waals surface area contributed by atoms with Gasteiger partial charge < -0.3 is 20.2 Å². The van der Waals surface area contributed by atoms with E-state index in [4.69, 9.17) is 14.9 Å². The monoisotopic (exact) mass is 212 g/mol. The zero-order chi connectivity index (χ0) is 11.1. The molecule has 3 N–H and O–H groups in total. The van der Waals surface area contributed by atoms with Crippen molar-refractivity contribution < 1.29 is 13.9 Å². The van der Waals surface area contributed by atoms with Crippen LogP contribution in [0, 0.1) is 0 Å². The van der Waals surface area contributed by atoms with E-state index < -0.39 is 0 Å². The summed E-state index contributed by atoms with van der Waals surface area (Å²) in [6.45, 7) is 1.04. The Kier molecular flexibility index (Phi) is 4.86. The topological polar surface area (TPSA) is 77.5 Å². The Bertz CT molecular complexity index is 285. The van der Waals surface area contributed by atoms with Gasteiger partial charge in [0.05, 0.1) is 18.4 Å². The van der Waals surface area contributed by atoms with Crippen LogP contribution >= 0.6 is 0 Å². The number of nitrogens with one attached hydrogen (secondary N) is 1. The van der Waals surface area contributed by atoms with E-state index in [-0.39, 0.29) is 11.9 Å². The normalized spacial score (nSPS) is 12.4. The number of nitrogens with two attached hydrogens (primary N) is 1. The van der Waals surface area contributed by atoms with Crippen LogP contribution in [0.1, 0.15) is 16.8 Å². The number of methoxy groups -OCH3 is 1. The van der Waals surface area contributed by atoms with Gasteiger partial charge in [0, 0.05) is 19.7 Å². The van der Waals surface area contributed by atoms with Gasteiger partial charge in [-0.15, -0.1) is 0 Å². The SMILES string of the molecule is COCC(N)CCNC(=O)c1ccoc1. The third-order valence-corrected chi connectivity index (χ3v) is 1.96. The second kappa shape index (κ2) is 6.21. The van der Waals surface area contributed by atoms with Crippen molar-refractivity contribution in [3.05, 3.63) is 24.2 Å². The van der Waals surface area contributed by atoms with Gasteiger partial charge in [0.2, 0.25) is 0 Å². The lowest BCUT2D eigenvalue weighted by atomic mass is 10.2. The summed E-state index contributed by atoms with van der Waals surface area (Å²) in [6.07, 6.45) is 3.56. The van der Waals surface area contributed by atoms with Crippen LogP contribution in [-0.4, -0.2) is 32.2 Å². The largest absolute Gasteiger partial charge is 0.472 e. The summed E-state index contributed by atoms with van der Waals surface area (Å²) >= 11 is 0. The van der Waals surface area contributed by atoms with Crippen molar-refractivity contribution in [3.8, 4) is 0 Å². The molecule has 0 fully saturated rings. The third kappa shape index (κ3) is 4.14. The molecule has 0 radical (unpaired) electrons. The van der Waals surface area contributed by atoms with Gasteiger partial charge in [0.1, 0.15) is 6.26 Å². The highest BCUT2D eigenvalue weighted by Gasteiger charge is 2.07. The summed E-state index contributed by atoms with van der Waals surface area (Å²) in [5.74, 6) is -0.145. The first-order valence-electron chi connectivity index (χ1n) is 4.79. The van der Waals surface area contributed by atoms with E-state index in [1.807, 2.05) is 0 Å². The molecule has 84 valence electrons. The Labute approximate surface area is 88.6 Å². The highest BCUT2D eigenvalue weighted by molar-refractivity contribution is 5.93. The van der Waals surface area contributed by atoms with Crippen LogP contribution in [0.2, 0.25) is 0 Å². The summed E-state index contributed by atoms with van der Waals surface area (Å²) < 4.78 is 9.68. The van der Waals surface area contributed by atoms with Gasteiger partial charge in [0.25, 0.3) is 5.91 Å². The molecule has 0 aliphatic rings. The zero-order valence-electron chi connectivity index (χ0n) is 8.73. The molecule has 1 atom stereocenters. The highest BCUT2D eigenvalue weighted by Crippen LogP contribution is 1.99. The number of hydrogen-bond donors (Lipinski definition) is 2. The Morgan fingerprint density at radius 3 is 3.13 bits per heavy atom. The molecular weight excluding hydrogens is 196 g/mol. The van der Waals surface area contributed by atoms with Crippen molar-refractivity contribution in [2.45, 2.75) is 12.5 Å². The molecule has 5 heteroatoms. The summed E-state index contributed by atoms with van der Waals surface area (Å²) in [7, 11) is 1.60. The van der Waals surface area contributed by atoms with Gasteiger partial charge in [-0.2, -0.15) is 0 Å². The Morgan fingerprint density at radius 1 is 1.73 bits per heavy atom. The fourth-order valence-corrected chi connectivity index (χ4v) is 1.16. The molecule has 1 aromatic heterocycles. The fraction of sp³-hybridized carbons (Fsp3) is 0.500. The van der Waals surface area contributed by atoms with E-state index >= 15 is 0 Å². The predicted molar refractivity (Wildman–Crippen MR) is 55.5 cm³/mol. The van der Waals surface area contributed by atoms with E-state index in [2.05, 4.69) is 5.32 Å². The molecule has 1 aromatic rings. The van der Waals surface area contributed by atoms with Crippen molar-refractivity contribution in [2.75, 3.05) is 20.3 Å². The molecule has 1 unspecified atom stereocenters. The Balaban J connectivity index is 2.18. The van der Waals surface area contributed by atoms with Gasteiger partial charge in [-0.3, -0.25) is 4.79 Å². The Morgan fingerprint density at radius 2 is 2.53 bits per heavy atom. The van der Waals surface area contributed by atoms with Crippen LogP contribution < -0.4 is 11.1 Å². The van der Waals surface area contributed by atoms with E-state index in [1.165, 1.54) is 12.5 Å². The molecule has 0 saturated carbocycles. The average molecular weight is 212 g/mol. The molecule has 0 saturated heterocycles. The van der Waals surface area contributed by atoms with Crippen molar-refractivity contribution >= 4 is 5.91 Å². The van der Waals surface area contributed by atoms with Gasteiger partial charge in [-0.25, -0.2) is 0 Å². The molecule has 0 aliphatic heterocycles. The number of hydrogen-bond acceptors (Lipinski definition) is 4. The van der Waals surface area contributed by atoms with E-state index in [9.17, 15) is 4.79 Å². The average Bonchev–Trinajstić information content (AvgIpc) is 2.70. The standard InChI is InChI=1S/C10H16N2O3/c1-14-7-9(11)2-4-12-10(13)8-3-5-15-6-8/h3,5-6,9H,2,4,7,11H2,1H3,(H,12,13). The van der Waals surface area contributed by atoms with Gasteiger partial charge in [0.15, 0.2) is 0 Å². The van der Waals surface area contributed by atoms with Crippen LogP contribution in [0.5, 0.6) is 0 Å². The van der Waals surface area contributed by atoms with Gasteiger partial charge >= 0.3 is 0 Å². The molecule has 1 amide bonds. The summed E-state index contributed by atoms with van der Waals surface area (Å²) in [5, 5.41) is 2.74. The number of carbonyl (C=O) groups excluding carboxylic acids is 1. The van der Waals surface area contributed by atoms with Crippen LogP contribution in [0.25, 0.3) is 0 Å². The first-order chi connectivity index (χ1) is 7.24. The minimum Gasteiger partial charge on any atom is -0.472 e. The Hall–Kier alpha value is -1.33. The van der Waals surface area contributed by atoms with E-state index in [1.54, 1.807) is 13.2 Å². The lowest BCUT2D eigenvalue weighted by Crippen LogP contribution is -2.32. The van der Waals surface area contributed by atoms with Crippen molar-refractivity contribution in [2.24, 2.45) is 5.73 Å². The quantitative estimate of drug-likeness (QED) is 0.714. The predicted octanol–water partition coefficient (Wildman–Crippen LogP) is 0.373. The van der Waals surface area contributed by atoms with Crippen LogP contribution in [0.4, 0.5) is 0 Å². The lowest BCUT2D eigenvalue weighted by molar-refractivity contribution is 0.0949. The summed E-state index contributed by atoms with van der Waals surface area (Å²) in [4.78, 5) is 11.4. The molecule has 0 bridgehead atoms. The molecule has 1 rings (SSSR count). The van der Waals surface area contributed by atoms with Gasteiger partial charge in [-0.05, 0) is 12.5 Å². The molecule has 0 aromatic carbocycles. The lowest BCUT2D eigenvalue weighted by Gasteiger charge is -2.10. The molecular formula is C10H16N2O3. The first-order valence-corrected chi connectivity index (χ1v) is 4.79. The molecule has 0 aliphatic carbocycles. The van der Waals surface area contributed by atoms with Crippen LogP contribution in [0.15, 0.2) is 23.0 Å². The van der Waals surface area contributed by atoms with Crippen molar-refractivity contribution in [1.29, 1.82) is 0 Å². The third-order valence-electron chi connectivity index (χ3n) is 1.96. The minimum atomic E-state index is -0.145. The smallest absolute Gasteiger partial charge is 0.254 e. The maximum absolute atomic E-state index is 11.4. The number of rotatable bonds is 6. The second-order valence-corrected chi connectivity index (χ2v) is 3.27. The number of furan rings is 1. The molecule has 1 heterocycles. The van der Waals surface area contributed by atoms with E-state index in [0.29, 0.717) is 25.1 Å². The fourth-order valence-electron chi connectivity index (χ4n) is 1.16. The minimum absolute atomic E-state index is 0.0420. The van der Waals surface area contributed by atoms with Crippen molar-refractivity contribution in [3.63, 3.8) is 0 Å². The maximum atomic E-state index is 11.4. The summed E-state index contributed by atoms with van der Waals surface area (Å²) in [6, 6.07) is 1.57. The number of ether oxygens (including phenoxy) is 1. The van der Waals surface area contributed by atoms with Crippen LogP contribution in [-0.2, 0) is 4.74 Å². The summed E-state index contributed by atoms with van der Waals surface area (Å²) in [5.41, 5.74) is 6.22. The molecule has 5 nitrogen and oxygen atoms in total. The molecule has 15 heavy (non-hydrogen) atoms. The molecule has 0 spiro atoms. The second-order valence-electron chi connectivity index (χ2n) is 3.27. The van der Waals surface area contributed by atoms with Crippen molar-refractivity contribution in [1.82, 2.24) is 5.32 Å². The van der Waals surface area contributed by atoms with Gasteiger partial charge in [-0.1, -0.05) is 0 Å². The number of amides is 1. The highest BCUT2D eigenvalue weighted by atomic mass is 16.5. The first kappa shape index (κ1) is 11.7. The maximum Gasteiger partial charge on any atom is 0.254 e. The number of carbonyl (C=O) groups is 1. The van der Waals surface area contributed by atoms with E-state index in [0.717, 1.165) is 0 Å².